The molecule has 0 spiro atoms. The van der Waals surface area contributed by atoms with Gasteiger partial charge in [-0.15, -0.1) is 0 Å². The highest BCUT2D eigenvalue weighted by Crippen LogP contribution is 2.40. The lowest BCUT2D eigenvalue weighted by Crippen LogP contribution is -2.63. The molecule has 0 radical (unpaired) electrons. The molecule has 0 unspecified atom stereocenters. The summed E-state index contributed by atoms with van der Waals surface area (Å²) >= 11 is 0. The van der Waals surface area contributed by atoms with Crippen molar-refractivity contribution in [2.45, 2.75) is 31.2 Å². The smallest absolute Gasteiger partial charge is 0.324 e. The van der Waals surface area contributed by atoms with Gasteiger partial charge in [0.05, 0.1) is 0 Å². The van der Waals surface area contributed by atoms with Gasteiger partial charge in [-0.1, -0.05) is 0 Å². The van der Waals surface area contributed by atoms with E-state index in [0.29, 0.717) is 0 Å². The molecule has 0 atom stereocenters. The number of nitrogens with zero attached hydrogens (tertiary/aromatic N) is 1. The molecule has 1 aliphatic heterocycles. The first-order chi connectivity index (χ1) is 5.26. The average molecular weight is 155 g/mol. The van der Waals surface area contributed by atoms with Gasteiger partial charge in [-0.25, -0.2) is 0 Å². The maximum atomic E-state index is 10.9. The fourth-order valence-corrected chi connectivity index (χ4v) is 1.92. The van der Waals surface area contributed by atoms with E-state index in [0.717, 1.165) is 32.4 Å². The van der Waals surface area contributed by atoms with Gasteiger partial charge >= 0.3 is 5.97 Å². The lowest BCUT2D eigenvalue weighted by molar-refractivity contribution is -0.162. The third-order valence-corrected chi connectivity index (χ3v) is 3.04. The van der Waals surface area contributed by atoms with Crippen molar-refractivity contribution < 1.29 is 9.90 Å². The Hall–Kier alpha value is -0.570. The Labute approximate surface area is 66.0 Å². The summed E-state index contributed by atoms with van der Waals surface area (Å²) in [6.45, 7) is 1.98. The van der Waals surface area contributed by atoms with Crippen molar-refractivity contribution in [3.8, 4) is 0 Å². The number of aliphatic carboxylic acids is 1. The second kappa shape index (κ2) is 2.21. The van der Waals surface area contributed by atoms with E-state index < -0.39 is 11.5 Å². The van der Waals surface area contributed by atoms with E-state index in [1.165, 1.54) is 6.42 Å². The first-order valence-corrected chi connectivity index (χ1v) is 4.24. The van der Waals surface area contributed by atoms with Crippen LogP contribution < -0.4 is 0 Å². The summed E-state index contributed by atoms with van der Waals surface area (Å²) in [6.07, 6.45) is 3.99. The van der Waals surface area contributed by atoms with Crippen LogP contribution in [0, 0.1) is 0 Å². The van der Waals surface area contributed by atoms with Crippen molar-refractivity contribution in [1.82, 2.24) is 4.90 Å². The number of hydrogen-bond donors (Lipinski definition) is 1. The Bertz CT molecular complexity index is 183. The number of carboxylic acid groups (broad SMARTS) is 1. The minimum absolute atomic E-state index is 0.432. The van der Waals surface area contributed by atoms with E-state index >= 15 is 0 Å². The highest BCUT2D eigenvalue weighted by molar-refractivity contribution is 5.80. The summed E-state index contributed by atoms with van der Waals surface area (Å²) in [7, 11) is 0. The molecular weight excluding hydrogens is 142 g/mol. The molecule has 3 heteroatoms. The van der Waals surface area contributed by atoms with Crippen LogP contribution in [0.25, 0.3) is 0 Å². The molecule has 62 valence electrons. The van der Waals surface area contributed by atoms with Gasteiger partial charge in [0.25, 0.3) is 0 Å². The number of rotatable bonds is 2. The summed E-state index contributed by atoms with van der Waals surface area (Å²) in [5, 5.41) is 8.98. The summed E-state index contributed by atoms with van der Waals surface area (Å²) < 4.78 is 0. The Balaban J connectivity index is 2.09. The van der Waals surface area contributed by atoms with Crippen LogP contribution in [0.15, 0.2) is 0 Å². The number of likely N-dealkylation sites (tertiary alicyclic amines) is 1. The van der Waals surface area contributed by atoms with Gasteiger partial charge in [-0.05, 0) is 25.7 Å². The molecular formula is C8H13NO2. The molecule has 0 aromatic carbocycles. The third kappa shape index (κ3) is 0.805. The fraction of sp³-hybridized carbons (Fsp3) is 0.875. The molecule has 0 aromatic rings. The predicted molar refractivity (Wildman–Crippen MR) is 40.4 cm³/mol. The molecule has 11 heavy (non-hydrogen) atoms. The molecule has 1 aliphatic carbocycles. The first kappa shape index (κ1) is 7.10. The molecule has 0 bridgehead atoms. The quantitative estimate of drug-likeness (QED) is 0.638. The number of hydrogen-bond acceptors (Lipinski definition) is 2. The zero-order valence-electron chi connectivity index (χ0n) is 6.55. The molecule has 2 fully saturated rings. The third-order valence-electron chi connectivity index (χ3n) is 3.04. The monoisotopic (exact) mass is 155 g/mol. The molecule has 2 rings (SSSR count). The molecule has 0 amide bonds. The van der Waals surface area contributed by atoms with Crippen molar-refractivity contribution in [2.75, 3.05) is 13.1 Å². The van der Waals surface area contributed by atoms with Gasteiger partial charge in [0, 0.05) is 13.1 Å². The van der Waals surface area contributed by atoms with Gasteiger partial charge < -0.3 is 5.11 Å². The summed E-state index contributed by atoms with van der Waals surface area (Å²) in [4.78, 5) is 13.0. The minimum Gasteiger partial charge on any atom is -0.480 e. The fourth-order valence-electron chi connectivity index (χ4n) is 1.92. The van der Waals surface area contributed by atoms with E-state index in [9.17, 15) is 4.79 Å². The highest BCUT2D eigenvalue weighted by atomic mass is 16.4. The summed E-state index contributed by atoms with van der Waals surface area (Å²) in [6, 6.07) is 0. The number of carbonyl (C=O) groups is 1. The van der Waals surface area contributed by atoms with E-state index in [1.54, 1.807) is 0 Å². The van der Waals surface area contributed by atoms with Gasteiger partial charge in [-0.3, -0.25) is 9.69 Å². The van der Waals surface area contributed by atoms with Crippen LogP contribution in [0.2, 0.25) is 0 Å². The largest absolute Gasteiger partial charge is 0.480 e. The van der Waals surface area contributed by atoms with Crippen LogP contribution in [-0.2, 0) is 4.79 Å². The Kier molecular flexibility index (Phi) is 1.42. The predicted octanol–water partition coefficient (Wildman–Crippen LogP) is 0.699. The molecule has 1 heterocycles. The minimum atomic E-state index is -0.608. The zero-order valence-corrected chi connectivity index (χ0v) is 6.55. The maximum Gasteiger partial charge on any atom is 0.324 e. The first-order valence-electron chi connectivity index (χ1n) is 4.24. The second-order valence-electron chi connectivity index (χ2n) is 3.53. The van der Waals surface area contributed by atoms with Crippen LogP contribution in [0.4, 0.5) is 0 Å². The zero-order chi connectivity index (χ0) is 7.90. The van der Waals surface area contributed by atoms with Crippen LogP contribution in [-0.4, -0.2) is 34.6 Å². The molecule has 1 saturated heterocycles. The lowest BCUT2D eigenvalue weighted by atomic mass is 9.74. The van der Waals surface area contributed by atoms with Crippen LogP contribution >= 0.6 is 0 Å². The molecule has 2 aliphatic rings. The molecule has 3 nitrogen and oxygen atoms in total. The summed E-state index contributed by atoms with van der Waals surface area (Å²) in [5.41, 5.74) is -0.432. The lowest BCUT2D eigenvalue weighted by Gasteiger charge is -2.51. The standard InChI is InChI=1S/C8H13NO2/c10-7(11)8(3-1-4-8)9-5-2-6-9/h1-6H2,(H,10,11). The van der Waals surface area contributed by atoms with Crippen molar-refractivity contribution in [2.24, 2.45) is 0 Å². The SMILES string of the molecule is O=C(O)C1(N2CCC2)CCC1. The van der Waals surface area contributed by atoms with Gasteiger partial charge in [0.15, 0.2) is 0 Å². The maximum absolute atomic E-state index is 10.9. The normalized spacial score (nSPS) is 28.7. The van der Waals surface area contributed by atoms with E-state index in [1.807, 2.05) is 0 Å². The van der Waals surface area contributed by atoms with Crippen molar-refractivity contribution in [1.29, 1.82) is 0 Å². The summed E-state index contributed by atoms with van der Waals surface area (Å²) in [5.74, 6) is -0.608. The van der Waals surface area contributed by atoms with Gasteiger partial charge in [0.1, 0.15) is 5.54 Å². The van der Waals surface area contributed by atoms with Crippen LogP contribution in [0.5, 0.6) is 0 Å². The molecule has 0 aromatic heterocycles. The van der Waals surface area contributed by atoms with E-state index in [2.05, 4.69) is 4.90 Å². The highest BCUT2D eigenvalue weighted by Gasteiger charge is 2.50. The Morgan fingerprint density at radius 2 is 1.91 bits per heavy atom. The van der Waals surface area contributed by atoms with Crippen LogP contribution in [0.3, 0.4) is 0 Å². The topological polar surface area (TPSA) is 40.5 Å². The van der Waals surface area contributed by atoms with Crippen molar-refractivity contribution >= 4 is 5.97 Å². The molecule has 1 saturated carbocycles. The van der Waals surface area contributed by atoms with E-state index in [4.69, 9.17) is 5.11 Å². The Morgan fingerprint density at radius 1 is 1.27 bits per heavy atom. The van der Waals surface area contributed by atoms with E-state index in [-0.39, 0.29) is 0 Å². The van der Waals surface area contributed by atoms with Crippen molar-refractivity contribution in [3.05, 3.63) is 0 Å². The van der Waals surface area contributed by atoms with Gasteiger partial charge in [-0.2, -0.15) is 0 Å². The number of carboxylic acids is 1. The van der Waals surface area contributed by atoms with Crippen LogP contribution in [0.1, 0.15) is 25.7 Å². The van der Waals surface area contributed by atoms with Crippen molar-refractivity contribution in [3.63, 3.8) is 0 Å². The average Bonchev–Trinajstić information content (AvgIpc) is 1.71. The Morgan fingerprint density at radius 3 is 2.00 bits per heavy atom. The molecule has 1 N–H and O–H groups in total. The van der Waals surface area contributed by atoms with Gasteiger partial charge in [0.2, 0.25) is 0 Å². The second-order valence-corrected chi connectivity index (χ2v) is 3.53.